The van der Waals surface area contributed by atoms with Crippen molar-refractivity contribution in [3.8, 4) is 0 Å². The van der Waals surface area contributed by atoms with Crippen LogP contribution in [0.4, 0.5) is 5.69 Å². The first-order valence-electron chi connectivity index (χ1n) is 6.27. The zero-order chi connectivity index (χ0) is 13.7. The van der Waals surface area contributed by atoms with Gasteiger partial charge in [-0.3, -0.25) is 4.98 Å². The van der Waals surface area contributed by atoms with Crippen LogP contribution in [-0.4, -0.2) is 17.8 Å². The molecule has 3 nitrogen and oxygen atoms in total. The van der Waals surface area contributed by atoms with Crippen molar-refractivity contribution >= 4 is 17.4 Å². The number of hydrogen-bond acceptors (Lipinski definition) is 4. The van der Waals surface area contributed by atoms with Gasteiger partial charge in [0.2, 0.25) is 0 Å². The van der Waals surface area contributed by atoms with Gasteiger partial charge in [-0.15, -0.1) is 11.8 Å². The van der Waals surface area contributed by atoms with E-state index in [-0.39, 0.29) is 6.04 Å². The van der Waals surface area contributed by atoms with E-state index >= 15 is 0 Å². The number of thioether (sulfide) groups is 1. The number of pyridine rings is 1. The molecule has 1 aromatic carbocycles. The maximum Gasteiger partial charge on any atom is 0.0448 e. The van der Waals surface area contributed by atoms with Crippen LogP contribution in [0, 0.1) is 6.92 Å². The molecule has 0 amide bonds. The topological polar surface area (TPSA) is 50.9 Å². The van der Waals surface area contributed by atoms with Gasteiger partial charge in [-0.2, -0.15) is 0 Å². The summed E-state index contributed by atoms with van der Waals surface area (Å²) in [5.74, 6) is 0.928. The summed E-state index contributed by atoms with van der Waals surface area (Å²) in [7, 11) is 1.95. The maximum atomic E-state index is 6.01. The van der Waals surface area contributed by atoms with Crippen LogP contribution in [0.25, 0.3) is 0 Å². The molecule has 2 aromatic rings. The number of aryl methyl sites for hydroxylation is 1. The van der Waals surface area contributed by atoms with Crippen molar-refractivity contribution in [2.24, 2.45) is 0 Å². The molecular weight excluding hydrogens is 254 g/mol. The van der Waals surface area contributed by atoms with Crippen LogP contribution >= 0.6 is 11.8 Å². The van der Waals surface area contributed by atoms with E-state index in [1.165, 1.54) is 10.5 Å². The highest BCUT2D eigenvalue weighted by Gasteiger charge is 2.13. The molecule has 0 saturated carbocycles. The van der Waals surface area contributed by atoms with Crippen molar-refractivity contribution in [1.82, 2.24) is 10.3 Å². The first-order chi connectivity index (χ1) is 9.22. The first-order valence-corrected chi connectivity index (χ1v) is 7.26. The zero-order valence-corrected chi connectivity index (χ0v) is 12.1. The fourth-order valence-electron chi connectivity index (χ4n) is 1.93. The third kappa shape index (κ3) is 3.49. The Hall–Kier alpha value is -1.52. The van der Waals surface area contributed by atoms with E-state index in [1.54, 1.807) is 6.20 Å². The highest BCUT2D eigenvalue weighted by atomic mass is 32.2. The Morgan fingerprint density at radius 2 is 2.11 bits per heavy atom. The van der Waals surface area contributed by atoms with E-state index in [4.69, 9.17) is 5.73 Å². The van der Waals surface area contributed by atoms with Crippen molar-refractivity contribution < 1.29 is 0 Å². The lowest BCUT2D eigenvalue weighted by atomic mass is 10.1. The predicted octanol–water partition coefficient (Wildman–Crippen LogP) is 3.03. The Balaban J connectivity index is 2.09. The third-order valence-electron chi connectivity index (χ3n) is 3.11. The summed E-state index contributed by atoms with van der Waals surface area (Å²) in [6, 6.07) is 10.5. The molecule has 1 unspecified atom stereocenters. The second-order valence-corrected chi connectivity index (χ2v) is 5.48. The number of aromatic nitrogens is 1. The van der Waals surface area contributed by atoms with Gasteiger partial charge in [-0.05, 0) is 31.7 Å². The smallest absolute Gasteiger partial charge is 0.0448 e. The van der Waals surface area contributed by atoms with E-state index in [0.717, 1.165) is 17.0 Å². The number of hydrogen-bond donors (Lipinski definition) is 2. The fraction of sp³-hybridized carbons (Fsp3) is 0.267. The molecule has 0 aliphatic carbocycles. The van der Waals surface area contributed by atoms with Crippen molar-refractivity contribution in [2.75, 3.05) is 18.5 Å². The van der Waals surface area contributed by atoms with Gasteiger partial charge in [-0.25, -0.2) is 0 Å². The van der Waals surface area contributed by atoms with Crippen molar-refractivity contribution in [3.63, 3.8) is 0 Å². The lowest BCUT2D eigenvalue weighted by Gasteiger charge is -2.18. The Kier molecular flexibility index (Phi) is 4.82. The van der Waals surface area contributed by atoms with Crippen LogP contribution in [0.15, 0.2) is 47.6 Å². The molecule has 19 heavy (non-hydrogen) atoms. The number of benzene rings is 1. The summed E-state index contributed by atoms with van der Waals surface area (Å²) in [5, 5.41) is 3.31. The van der Waals surface area contributed by atoms with Crippen LogP contribution in [0.3, 0.4) is 0 Å². The molecule has 0 saturated heterocycles. The first kappa shape index (κ1) is 13.9. The molecule has 0 bridgehead atoms. The SMILES string of the molecule is CNC(CSc1ccccc1C)c1cnccc1N. The summed E-state index contributed by atoms with van der Waals surface area (Å²) >= 11 is 1.84. The van der Waals surface area contributed by atoms with E-state index in [0.29, 0.717) is 0 Å². The molecule has 2 rings (SSSR count). The molecule has 0 radical (unpaired) electrons. The molecule has 0 aliphatic rings. The van der Waals surface area contributed by atoms with Crippen LogP contribution < -0.4 is 11.1 Å². The quantitative estimate of drug-likeness (QED) is 0.822. The van der Waals surface area contributed by atoms with Crippen LogP contribution in [0.1, 0.15) is 17.2 Å². The van der Waals surface area contributed by atoms with E-state index in [1.807, 2.05) is 31.1 Å². The van der Waals surface area contributed by atoms with Gasteiger partial charge in [0.15, 0.2) is 0 Å². The predicted molar refractivity (Wildman–Crippen MR) is 82.4 cm³/mol. The van der Waals surface area contributed by atoms with Crippen molar-refractivity contribution in [1.29, 1.82) is 0 Å². The zero-order valence-electron chi connectivity index (χ0n) is 11.3. The second kappa shape index (κ2) is 6.59. The molecular formula is C15H19N3S. The Labute approximate surface area is 118 Å². The van der Waals surface area contributed by atoms with Gasteiger partial charge in [0.05, 0.1) is 0 Å². The Morgan fingerprint density at radius 3 is 2.79 bits per heavy atom. The number of nitrogens with zero attached hydrogens (tertiary/aromatic N) is 1. The summed E-state index contributed by atoms with van der Waals surface area (Å²) < 4.78 is 0. The number of anilines is 1. The molecule has 100 valence electrons. The van der Waals surface area contributed by atoms with Gasteiger partial charge in [0.1, 0.15) is 0 Å². The van der Waals surface area contributed by atoms with E-state index < -0.39 is 0 Å². The minimum Gasteiger partial charge on any atom is -0.398 e. The molecule has 1 aromatic heterocycles. The Morgan fingerprint density at radius 1 is 1.32 bits per heavy atom. The summed E-state index contributed by atoms with van der Waals surface area (Å²) in [5.41, 5.74) is 9.17. The number of nitrogens with two attached hydrogens (primary N) is 1. The van der Waals surface area contributed by atoms with Crippen molar-refractivity contribution in [2.45, 2.75) is 17.9 Å². The molecule has 0 spiro atoms. The van der Waals surface area contributed by atoms with Crippen LogP contribution in [0.2, 0.25) is 0 Å². The monoisotopic (exact) mass is 273 g/mol. The van der Waals surface area contributed by atoms with Gasteiger partial charge in [0, 0.05) is 40.3 Å². The van der Waals surface area contributed by atoms with Gasteiger partial charge >= 0.3 is 0 Å². The normalized spacial score (nSPS) is 12.3. The number of nitrogens with one attached hydrogen (secondary N) is 1. The molecule has 1 heterocycles. The summed E-state index contributed by atoms with van der Waals surface area (Å²) in [4.78, 5) is 5.47. The van der Waals surface area contributed by atoms with Crippen molar-refractivity contribution in [3.05, 3.63) is 53.9 Å². The third-order valence-corrected chi connectivity index (χ3v) is 4.38. The lowest BCUT2D eigenvalue weighted by Crippen LogP contribution is -2.20. The minimum atomic E-state index is 0.207. The van der Waals surface area contributed by atoms with E-state index in [9.17, 15) is 0 Å². The van der Waals surface area contributed by atoms with E-state index in [2.05, 4.69) is 41.5 Å². The van der Waals surface area contributed by atoms with Gasteiger partial charge < -0.3 is 11.1 Å². The Bertz CT molecular complexity index is 542. The molecule has 0 aliphatic heterocycles. The minimum absolute atomic E-state index is 0.207. The molecule has 3 N–H and O–H groups in total. The second-order valence-electron chi connectivity index (χ2n) is 4.42. The number of rotatable bonds is 5. The largest absolute Gasteiger partial charge is 0.398 e. The standard InChI is InChI=1S/C15H19N3S/c1-11-5-3-4-6-15(11)19-10-14(17-2)12-9-18-8-7-13(12)16/h3-9,14,17H,10H2,1-2H3,(H2,16,18). The summed E-state index contributed by atoms with van der Waals surface area (Å²) in [6.45, 7) is 2.13. The highest BCUT2D eigenvalue weighted by Crippen LogP contribution is 2.28. The average Bonchev–Trinajstić information content (AvgIpc) is 2.43. The highest BCUT2D eigenvalue weighted by molar-refractivity contribution is 7.99. The van der Waals surface area contributed by atoms with Crippen LogP contribution in [-0.2, 0) is 0 Å². The lowest BCUT2D eigenvalue weighted by molar-refractivity contribution is 0.661. The number of nitrogen functional groups attached to an aromatic ring is 1. The molecule has 0 fully saturated rings. The van der Waals surface area contributed by atoms with Crippen LogP contribution in [0.5, 0.6) is 0 Å². The molecule has 1 atom stereocenters. The fourth-order valence-corrected chi connectivity index (χ4v) is 3.09. The average molecular weight is 273 g/mol. The molecule has 4 heteroatoms. The maximum absolute atomic E-state index is 6.01. The van der Waals surface area contributed by atoms with Gasteiger partial charge in [-0.1, -0.05) is 18.2 Å². The summed E-state index contributed by atoms with van der Waals surface area (Å²) in [6.07, 6.45) is 3.56. The van der Waals surface area contributed by atoms with Gasteiger partial charge in [0.25, 0.3) is 0 Å².